The van der Waals surface area contributed by atoms with Gasteiger partial charge in [-0.2, -0.15) is 0 Å². The maximum Gasteiger partial charge on any atom is 0.124 e. The summed E-state index contributed by atoms with van der Waals surface area (Å²) in [5, 5.41) is 3.48. The molecule has 0 radical (unpaired) electrons. The molecule has 0 heterocycles. The molecule has 0 aliphatic carbocycles. The van der Waals surface area contributed by atoms with Crippen LogP contribution in [0.25, 0.3) is 0 Å². The van der Waals surface area contributed by atoms with Crippen LogP contribution in [0.5, 0.6) is 5.75 Å². The van der Waals surface area contributed by atoms with Crippen LogP contribution in [0.3, 0.4) is 0 Å². The van der Waals surface area contributed by atoms with Gasteiger partial charge >= 0.3 is 0 Å². The fourth-order valence-corrected chi connectivity index (χ4v) is 2.29. The fraction of sp³-hybridized carbons (Fsp3) is 0.400. The molecule has 0 saturated carbocycles. The molecule has 0 spiro atoms. The summed E-state index contributed by atoms with van der Waals surface area (Å²) in [7, 11) is 0. The first-order chi connectivity index (χ1) is 10.5. The number of ether oxygens (including phenoxy) is 1. The van der Waals surface area contributed by atoms with Gasteiger partial charge in [0.25, 0.3) is 0 Å². The van der Waals surface area contributed by atoms with Gasteiger partial charge in [-0.25, -0.2) is 0 Å². The molecule has 2 heteroatoms. The lowest BCUT2D eigenvalue weighted by molar-refractivity contribution is 0.314. The average Bonchev–Trinajstić information content (AvgIpc) is 2.51. The zero-order valence-corrected chi connectivity index (χ0v) is 14.1. The first-order valence-electron chi connectivity index (χ1n) is 8.06. The summed E-state index contributed by atoms with van der Waals surface area (Å²) in [6.45, 7) is 10.4. The molecule has 0 saturated heterocycles. The molecular formula is C20H27NO. The van der Waals surface area contributed by atoms with Crippen LogP contribution in [0.4, 0.5) is 5.69 Å². The third kappa shape index (κ3) is 4.52. The van der Waals surface area contributed by atoms with Crippen LogP contribution in [0.1, 0.15) is 45.2 Å². The largest absolute Gasteiger partial charge is 0.493 e. The molecule has 0 amide bonds. The van der Waals surface area contributed by atoms with E-state index in [2.05, 4.69) is 69.4 Å². The lowest BCUT2D eigenvalue weighted by Gasteiger charge is -2.19. The quantitative estimate of drug-likeness (QED) is 0.772. The third-order valence-electron chi connectivity index (χ3n) is 3.67. The average molecular weight is 297 g/mol. The van der Waals surface area contributed by atoms with E-state index in [-0.39, 0.29) is 5.41 Å². The minimum Gasteiger partial charge on any atom is -0.493 e. The molecule has 0 bridgehead atoms. The highest BCUT2D eigenvalue weighted by Crippen LogP contribution is 2.24. The van der Waals surface area contributed by atoms with E-state index in [1.807, 2.05) is 12.1 Å². The van der Waals surface area contributed by atoms with Gasteiger partial charge in [0.2, 0.25) is 0 Å². The molecule has 22 heavy (non-hydrogen) atoms. The van der Waals surface area contributed by atoms with Crippen molar-refractivity contribution in [1.82, 2.24) is 0 Å². The van der Waals surface area contributed by atoms with Gasteiger partial charge in [0.05, 0.1) is 6.61 Å². The maximum absolute atomic E-state index is 5.80. The molecule has 0 atom stereocenters. The Kier molecular flexibility index (Phi) is 5.48. The molecule has 2 aromatic rings. The van der Waals surface area contributed by atoms with Gasteiger partial charge < -0.3 is 10.1 Å². The summed E-state index contributed by atoms with van der Waals surface area (Å²) < 4.78 is 5.80. The van der Waals surface area contributed by atoms with E-state index in [9.17, 15) is 0 Å². The normalized spacial score (nSPS) is 11.3. The van der Waals surface area contributed by atoms with Crippen molar-refractivity contribution in [2.75, 3.05) is 11.9 Å². The number of para-hydroxylation sites is 1. The summed E-state index contributed by atoms with van der Waals surface area (Å²) in [5.74, 6) is 0.975. The van der Waals surface area contributed by atoms with E-state index < -0.39 is 0 Å². The Balaban J connectivity index is 2.01. The van der Waals surface area contributed by atoms with Crippen molar-refractivity contribution in [2.45, 2.75) is 46.1 Å². The highest BCUT2D eigenvalue weighted by molar-refractivity contribution is 5.47. The Morgan fingerprint density at radius 3 is 2.27 bits per heavy atom. The summed E-state index contributed by atoms with van der Waals surface area (Å²) in [5.41, 5.74) is 3.87. The molecule has 2 aromatic carbocycles. The minimum atomic E-state index is 0.194. The Hall–Kier alpha value is -1.96. The number of benzene rings is 2. The number of nitrogens with one attached hydrogen (secondary N) is 1. The van der Waals surface area contributed by atoms with E-state index in [1.165, 1.54) is 11.1 Å². The molecule has 0 aliphatic rings. The van der Waals surface area contributed by atoms with Crippen molar-refractivity contribution in [3.8, 4) is 5.75 Å². The fourth-order valence-electron chi connectivity index (χ4n) is 2.29. The first kappa shape index (κ1) is 16.4. The van der Waals surface area contributed by atoms with Gasteiger partial charge in [-0.1, -0.05) is 58.0 Å². The predicted octanol–water partition coefficient (Wildman–Crippen LogP) is 5.39. The van der Waals surface area contributed by atoms with E-state index in [0.29, 0.717) is 0 Å². The van der Waals surface area contributed by atoms with Crippen LogP contribution in [-0.2, 0) is 12.0 Å². The van der Waals surface area contributed by atoms with Crippen molar-refractivity contribution < 1.29 is 4.74 Å². The SMILES string of the molecule is CCCOc1ccccc1CNc1ccc(C(C)(C)C)cc1. The number of anilines is 1. The van der Waals surface area contributed by atoms with Gasteiger partial charge in [0.1, 0.15) is 5.75 Å². The number of rotatable bonds is 6. The zero-order valence-electron chi connectivity index (χ0n) is 14.1. The molecule has 1 N–H and O–H groups in total. The van der Waals surface area contributed by atoms with Gasteiger partial charge in [-0.3, -0.25) is 0 Å². The molecule has 2 nitrogen and oxygen atoms in total. The van der Waals surface area contributed by atoms with Crippen LogP contribution in [0.2, 0.25) is 0 Å². The van der Waals surface area contributed by atoms with E-state index in [1.54, 1.807) is 0 Å². The van der Waals surface area contributed by atoms with Gasteiger partial charge in [-0.05, 0) is 35.6 Å². The Morgan fingerprint density at radius 2 is 1.64 bits per heavy atom. The van der Waals surface area contributed by atoms with Crippen LogP contribution in [0.15, 0.2) is 48.5 Å². The molecule has 118 valence electrons. The molecule has 2 rings (SSSR count). The van der Waals surface area contributed by atoms with Crippen molar-refractivity contribution >= 4 is 5.69 Å². The highest BCUT2D eigenvalue weighted by atomic mass is 16.5. The number of hydrogen-bond acceptors (Lipinski definition) is 2. The van der Waals surface area contributed by atoms with Crippen LogP contribution < -0.4 is 10.1 Å². The molecule has 0 aliphatic heterocycles. The topological polar surface area (TPSA) is 21.3 Å². The van der Waals surface area contributed by atoms with Crippen molar-refractivity contribution in [2.24, 2.45) is 0 Å². The lowest BCUT2D eigenvalue weighted by atomic mass is 9.87. The zero-order chi connectivity index (χ0) is 16.0. The van der Waals surface area contributed by atoms with Crippen LogP contribution in [-0.4, -0.2) is 6.61 Å². The van der Waals surface area contributed by atoms with Gasteiger partial charge in [0.15, 0.2) is 0 Å². The Morgan fingerprint density at radius 1 is 0.955 bits per heavy atom. The second kappa shape index (κ2) is 7.35. The lowest BCUT2D eigenvalue weighted by Crippen LogP contribution is -2.11. The first-order valence-corrected chi connectivity index (χ1v) is 8.06. The maximum atomic E-state index is 5.80. The predicted molar refractivity (Wildman–Crippen MR) is 94.7 cm³/mol. The summed E-state index contributed by atoms with van der Waals surface area (Å²) in [6.07, 6.45) is 1.02. The second-order valence-electron chi connectivity index (χ2n) is 6.64. The summed E-state index contributed by atoms with van der Waals surface area (Å²) in [4.78, 5) is 0. The monoisotopic (exact) mass is 297 g/mol. The van der Waals surface area contributed by atoms with Crippen LogP contribution >= 0.6 is 0 Å². The summed E-state index contributed by atoms with van der Waals surface area (Å²) >= 11 is 0. The van der Waals surface area contributed by atoms with E-state index in [4.69, 9.17) is 4.74 Å². The standard InChI is InChI=1S/C20H27NO/c1-5-14-22-19-9-7-6-8-16(19)15-21-18-12-10-17(11-13-18)20(2,3)4/h6-13,21H,5,14-15H2,1-4H3. The van der Waals surface area contributed by atoms with Crippen molar-refractivity contribution in [3.63, 3.8) is 0 Å². The van der Waals surface area contributed by atoms with Gasteiger partial charge in [0, 0.05) is 17.8 Å². The Labute approximate surface area is 134 Å². The molecule has 0 fully saturated rings. The minimum absolute atomic E-state index is 0.194. The second-order valence-corrected chi connectivity index (χ2v) is 6.64. The number of hydrogen-bond donors (Lipinski definition) is 1. The Bertz CT molecular complexity index is 581. The highest BCUT2D eigenvalue weighted by Gasteiger charge is 2.12. The molecule has 0 aromatic heterocycles. The van der Waals surface area contributed by atoms with E-state index in [0.717, 1.165) is 31.0 Å². The summed E-state index contributed by atoms with van der Waals surface area (Å²) in [6, 6.07) is 16.9. The van der Waals surface area contributed by atoms with Crippen LogP contribution in [0, 0.1) is 0 Å². The van der Waals surface area contributed by atoms with E-state index >= 15 is 0 Å². The smallest absolute Gasteiger partial charge is 0.124 e. The van der Waals surface area contributed by atoms with Crippen molar-refractivity contribution in [3.05, 3.63) is 59.7 Å². The van der Waals surface area contributed by atoms with Gasteiger partial charge in [-0.15, -0.1) is 0 Å². The molecule has 0 unspecified atom stereocenters. The third-order valence-corrected chi connectivity index (χ3v) is 3.67. The molecular weight excluding hydrogens is 270 g/mol. The van der Waals surface area contributed by atoms with Crippen molar-refractivity contribution in [1.29, 1.82) is 0 Å².